The van der Waals surface area contributed by atoms with E-state index in [0.29, 0.717) is 5.41 Å². The van der Waals surface area contributed by atoms with Crippen molar-refractivity contribution in [2.75, 3.05) is 7.11 Å². The van der Waals surface area contributed by atoms with Gasteiger partial charge in [0.1, 0.15) is 5.75 Å². The molecule has 1 aromatic carbocycles. The molecule has 1 spiro atoms. The summed E-state index contributed by atoms with van der Waals surface area (Å²) in [7, 11) is 1.80. The highest BCUT2D eigenvalue weighted by Gasteiger charge is 2.43. The third-order valence-corrected chi connectivity index (χ3v) is 5.95. The van der Waals surface area contributed by atoms with Crippen molar-refractivity contribution >= 4 is 22.6 Å². The molecule has 2 aliphatic carbocycles. The number of fused-ring (bicyclic) bond motifs is 2. The molecule has 0 atom stereocenters. The van der Waals surface area contributed by atoms with Crippen molar-refractivity contribution in [3.8, 4) is 5.75 Å². The Hall–Kier alpha value is -0.250. The quantitative estimate of drug-likeness (QED) is 0.663. The van der Waals surface area contributed by atoms with Crippen LogP contribution < -0.4 is 4.74 Å². The van der Waals surface area contributed by atoms with E-state index in [1.165, 1.54) is 47.7 Å². The van der Waals surface area contributed by atoms with Gasteiger partial charge >= 0.3 is 0 Å². The number of ether oxygens (including phenoxy) is 1. The number of methoxy groups -OCH3 is 1. The zero-order valence-corrected chi connectivity index (χ0v) is 13.4. The van der Waals surface area contributed by atoms with Gasteiger partial charge in [-0.25, -0.2) is 0 Å². The molecule has 18 heavy (non-hydrogen) atoms. The van der Waals surface area contributed by atoms with Crippen LogP contribution in [-0.2, 0) is 11.8 Å². The highest BCUT2D eigenvalue weighted by molar-refractivity contribution is 14.1. The molecule has 0 bridgehead atoms. The number of hydrogen-bond acceptors (Lipinski definition) is 1. The summed E-state index contributed by atoms with van der Waals surface area (Å²) in [5, 5.41) is 0. The number of rotatable bonds is 1. The second-order valence-electron chi connectivity index (χ2n) is 6.07. The smallest absolute Gasteiger partial charge is 0.122 e. The summed E-state index contributed by atoms with van der Waals surface area (Å²) in [6, 6.07) is 4.38. The molecule has 0 aromatic heterocycles. The molecule has 0 aliphatic heterocycles. The Kier molecular flexibility index (Phi) is 3.33. The van der Waals surface area contributed by atoms with Crippen LogP contribution in [0.1, 0.15) is 50.2 Å². The molecule has 0 saturated heterocycles. The lowest BCUT2D eigenvalue weighted by molar-refractivity contribution is 0.240. The summed E-state index contributed by atoms with van der Waals surface area (Å²) < 4.78 is 7.02. The predicted octanol–water partition coefficient (Wildman–Crippen LogP) is 4.69. The van der Waals surface area contributed by atoms with Gasteiger partial charge in [0.25, 0.3) is 0 Å². The summed E-state index contributed by atoms with van der Waals surface area (Å²) in [5.41, 5.74) is 3.61. The normalized spacial score (nSPS) is 30.5. The van der Waals surface area contributed by atoms with Gasteiger partial charge in [0.2, 0.25) is 0 Å². The number of hydrogen-bond donors (Lipinski definition) is 0. The fourth-order valence-corrected chi connectivity index (χ4v) is 4.99. The predicted molar refractivity (Wildman–Crippen MR) is 83.3 cm³/mol. The minimum atomic E-state index is 0.479. The van der Waals surface area contributed by atoms with Gasteiger partial charge in [-0.15, -0.1) is 0 Å². The first kappa shape index (κ1) is 12.8. The minimum Gasteiger partial charge on any atom is -0.496 e. The lowest BCUT2D eigenvalue weighted by atomic mass is 9.68. The molecule has 1 saturated carbocycles. The summed E-state index contributed by atoms with van der Waals surface area (Å²) in [6.07, 6.45) is 8.10. The maximum Gasteiger partial charge on any atom is 0.122 e. The molecule has 0 radical (unpaired) electrons. The van der Waals surface area contributed by atoms with Crippen LogP contribution in [0.2, 0.25) is 0 Å². The lowest BCUT2D eigenvalue weighted by Gasteiger charge is -2.37. The van der Waals surface area contributed by atoms with Gasteiger partial charge < -0.3 is 4.74 Å². The fraction of sp³-hybridized carbons (Fsp3) is 0.625. The Morgan fingerprint density at radius 2 is 1.94 bits per heavy atom. The van der Waals surface area contributed by atoms with Crippen LogP contribution in [-0.4, -0.2) is 7.11 Å². The molecule has 0 unspecified atom stereocenters. The van der Waals surface area contributed by atoms with Gasteiger partial charge in [-0.2, -0.15) is 0 Å². The van der Waals surface area contributed by atoms with Crippen LogP contribution in [0.15, 0.2) is 12.1 Å². The Morgan fingerprint density at radius 3 is 2.61 bits per heavy atom. The van der Waals surface area contributed by atoms with Crippen molar-refractivity contribution < 1.29 is 4.74 Å². The molecule has 0 amide bonds. The van der Waals surface area contributed by atoms with Crippen molar-refractivity contribution in [3.63, 3.8) is 0 Å². The average molecular weight is 356 g/mol. The van der Waals surface area contributed by atoms with Gasteiger partial charge in [-0.05, 0) is 95.7 Å². The van der Waals surface area contributed by atoms with E-state index in [1.807, 2.05) is 0 Å². The minimum absolute atomic E-state index is 0.479. The Bertz CT molecular complexity index is 458. The van der Waals surface area contributed by atoms with Crippen molar-refractivity contribution in [1.82, 2.24) is 0 Å². The van der Waals surface area contributed by atoms with E-state index in [9.17, 15) is 0 Å². The van der Waals surface area contributed by atoms with Gasteiger partial charge in [0.05, 0.1) is 7.11 Å². The second-order valence-corrected chi connectivity index (χ2v) is 7.23. The molecule has 2 aliphatic rings. The number of benzene rings is 1. The van der Waals surface area contributed by atoms with Crippen LogP contribution in [0.4, 0.5) is 0 Å². The van der Waals surface area contributed by atoms with Gasteiger partial charge in [0, 0.05) is 3.57 Å². The van der Waals surface area contributed by atoms with E-state index < -0.39 is 0 Å². The van der Waals surface area contributed by atoms with Crippen LogP contribution >= 0.6 is 22.6 Å². The summed E-state index contributed by atoms with van der Waals surface area (Å²) in [4.78, 5) is 0. The molecule has 0 heterocycles. The largest absolute Gasteiger partial charge is 0.496 e. The maximum atomic E-state index is 5.56. The standard InChI is InChI=1S/C16H21IO/c1-11-5-8-16(9-6-11)10-7-12-14(18-2)4-3-13(17)15(12)16/h3-4,11H,5-10H2,1-2H3. The molecule has 0 N–H and O–H groups in total. The van der Waals surface area contributed by atoms with Crippen molar-refractivity contribution in [1.29, 1.82) is 0 Å². The summed E-state index contributed by atoms with van der Waals surface area (Å²) >= 11 is 2.52. The Balaban J connectivity index is 2.05. The van der Waals surface area contributed by atoms with Crippen molar-refractivity contribution in [2.45, 2.75) is 50.9 Å². The molecule has 1 aromatic rings. The molecular formula is C16H21IO. The van der Waals surface area contributed by atoms with Crippen LogP contribution in [0.25, 0.3) is 0 Å². The van der Waals surface area contributed by atoms with Gasteiger partial charge in [-0.3, -0.25) is 0 Å². The molecule has 1 nitrogen and oxygen atoms in total. The lowest BCUT2D eigenvalue weighted by Crippen LogP contribution is -2.29. The van der Waals surface area contributed by atoms with E-state index in [0.717, 1.165) is 11.7 Å². The second kappa shape index (κ2) is 4.69. The first-order valence-corrected chi connectivity index (χ1v) is 8.10. The van der Waals surface area contributed by atoms with E-state index in [1.54, 1.807) is 12.7 Å². The summed E-state index contributed by atoms with van der Waals surface area (Å²) in [5.74, 6) is 2.03. The third-order valence-electron chi connectivity index (χ3n) is 5.05. The van der Waals surface area contributed by atoms with Crippen LogP contribution in [0.5, 0.6) is 5.75 Å². The average Bonchev–Trinajstić information content (AvgIpc) is 2.75. The zero-order chi connectivity index (χ0) is 12.8. The van der Waals surface area contributed by atoms with Gasteiger partial charge in [0.15, 0.2) is 0 Å². The van der Waals surface area contributed by atoms with Crippen molar-refractivity contribution in [3.05, 3.63) is 26.8 Å². The Morgan fingerprint density at radius 1 is 1.22 bits per heavy atom. The molecule has 1 fully saturated rings. The first-order valence-electron chi connectivity index (χ1n) is 7.02. The molecule has 98 valence electrons. The SMILES string of the molecule is COc1ccc(I)c2c1CCC21CCC(C)CC1. The highest BCUT2D eigenvalue weighted by Crippen LogP contribution is 2.53. The first-order chi connectivity index (χ1) is 8.66. The molecule has 2 heteroatoms. The number of halogens is 1. The third kappa shape index (κ3) is 1.87. The monoisotopic (exact) mass is 356 g/mol. The fourth-order valence-electron chi connectivity index (χ4n) is 3.92. The van der Waals surface area contributed by atoms with E-state index in [4.69, 9.17) is 4.74 Å². The molecule has 3 rings (SSSR count). The maximum absolute atomic E-state index is 5.56. The van der Waals surface area contributed by atoms with Crippen LogP contribution in [0, 0.1) is 9.49 Å². The Labute approximate surface area is 123 Å². The zero-order valence-electron chi connectivity index (χ0n) is 11.3. The topological polar surface area (TPSA) is 9.23 Å². The highest BCUT2D eigenvalue weighted by atomic mass is 127. The van der Waals surface area contributed by atoms with Crippen molar-refractivity contribution in [2.24, 2.45) is 5.92 Å². The van der Waals surface area contributed by atoms with Crippen LogP contribution in [0.3, 0.4) is 0 Å². The van der Waals surface area contributed by atoms with E-state index in [2.05, 4.69) is 41.6 Å². The van der Waals surface area contributed by atoms with Gasteiger partial charge in [-0.1, -0.05) is 6.92 Å². The summed E-state index contributed by atoms with van der Waals surface area (Å²) in [6.45, 7) is 2.40. The van der Waals surface area contributed by atoms with E-state index >= 15 is 0 Å². The molecular weight excluding hydrogens is 335 g/mol. The van der Waals surface area contributed by atoms with E-state index in [-0.39, 0.29) is 0 Å².